The molecule has 0 spiro atoms. The third-order valence-corrected chi connectivity index (χ3v) is 5.62. The Labute approximate surface area is 177 Å². The molecule has 5 nitrogen and oxygen atoms in total. The molecular weight excluding hydrogens is 374 g/mol. The van der Waals surface area contributed by atoms with E-state index in [0.29, 0.717) is 31.2 Å². The molecular formula is C25H27N3O2. The van der Waals surface area contributed by atoms with Crippen LogP contribution in [0, 0.1) is 6.92 Å². The highest BCUT2D eigenvalue weighted by Crippen LogP contribution is 2.29. The minimum absolute atomic E-state index is 0.0675. The van der Waals surface area contributed by atoms with Crippen LogP contribution in [0.4, 0.5) is 0 Å². The molecule has 0 bridgehead atoms. The van der Waals surface area contributed by atoms with Crippen molar-refractivity contribution in [2.24, 2.45) is 0 Å². The van der Waals surface area contributed by atoms with E-state index in [-0.39, 0.29) is 17.9 Å². The summed E-state index contributed by atoms with van der Waals surface area (Å²) in [6, 6.07) is 22.4. The van der Waals surface area contributed by atoms with Crippen molar-refractivity contribution in [3.63, 3.8) is 0 Å². The molecule has 1 fully saturated rings. The summed E-state index contributed by atoms with van der Waals surface area (Å²) in [4.78, 5) is 23.5. The van der Waals surface area contributed by atoms with Gasteiger partial charge in [-0.3, -0.25) is 4.79 Å². The molecule has 0 saturated carbocycles. The average molecular weight is 402 g/mol. The molecule has 154 valence electrons. The number of amides is 1. The van der Waals surface area contributed by atoms with Crippen LogP contribution in [0.25, 0.3) is 0 Å². The second kappa shape index (κ2) is 9.53. The van der Waals surface area contributed by atoms with Crippen LogP contribution < -0.4 is 4.74 Å². The minimum Gasteiger partial charge on any atom is -0.474 e. The van der Waals surface area contributed by atoms with Gasteiger partial charge in [0.15, 0.2) is 0 Å². The zero-order valence-corrected chi connectivity index (χ0v) is 17.3. The number of ether oxygens (including phenoxy) is 1. The molecule has 2 aromatic carbocycles. The van der Waals surface area contributed by atoms with Crippen LogP contribution in [0.3, 0.4) is 0 Å². The quantitative estimate of drug-likeness (QED) is 0.615. The highest BCUT2D eigenvalue weighted by molar-refractivity contribution is 5.78. The van der Waals surface area contributed by atoms with Gasteiger partial charge in [-0.15, -0.1) is 0 Å². The van der Waals surface area contributed by atoms with Crippen LogP contribution in [0.1, 0.15) is 42.1 Å². The lowest BCUT2D eigenvalue weighted by molar-refractivity contribution is -0.133. The second-order valence-corrected chi connectivity index (χ2v) is 7.72. The third-order valence-electron chi connectivity index (χ3n) is 5.62. The number of carbonyl (C=O) groups excluding carboxylic acids is 1. The van der Waals surface area contributed by atoms with Crippen LogP contribution >= 0.6 is 0 Å². The molecule has 2 heterocycles. The van der Waals surface area contributed by atoms with Crippen molar-refractivity contribution in [2.45, 2.75) is 38.2 Å². The Morgan fingerprint density at radius 1 is 1.00 bits per heavy atom. The molecule has 4 rings (SSSR count). The highest BCUT2D eigenvalue weighted by Gasteiger charge is 2.27. The molecule has 0 aliphatic carbocycles. The van der Waals surface area contributed by atoms with Gasteiger partial charge in [0.2, 0.25) is 11.8 Å². The number of hydrogen-bond acceptors (Lipinski definition) is 4. The molecule has 5 heteroatoms. The predicted octanol–water partition coefficient (Wildman–Crippen LogP) is 4.38. The van der Waals surface area contributed by atoms with Crippen molar-refractivity contribution in [3.8, 4) is 5.88 Å². The fourth-order valence-electron chi connectivity index (χ4n) is 4.00. The van der Waals surface area contributed by atoms with Crippen molar-refractivity contribution in [1.82, 2.24) is 14.9 Å². The fourth-order valence-corrected chi connectivity index (χ4v) is 4.00. The molecule has 30 heavy (non-hydrogen) atoms. The first kappa shape index (κ1) is 20.1. The molecule has 1 aliphatic rings. The summed E-state index contributed by atoms with van der Waals surface area (Å²) >= 11 is 0. The number of likely N-dealkylation sites (tertiary alicyclic amines) is 1. The summed E-state index contributed by atoms with van der Waals surface area (Å²) in [5, 5.41) is 0. The molecule has 0 radical (unpaired) electrons. The molecule has 1 aromatic heterocycles. The molecule has 0 N–H and O–H groups in total. The van der Waals surface area contributed by atoms with Gasteiger partial charge >= 0.3 is 0 Å². The van der Waals surface area contributed by atoms with Crippen LogP contribution in [-0.2, 0) is 4.79 Å². The van der Waals surface area contributed by atoms with Gasteiger partial charge in [0.25, 0.3) is 0 Å². The van der Waals surface area contributed by atoms with Crippen molar-refractivity contribution in [2.75, 3.05) is 13.1 Å². The Balaban J connectivity index is 1.38. The van der Waals surface area contributed by atoms with E-state index in [1.807, 2.05) is 48.2 Å². The summed E-state index contributed by atoms with van der Waals surface area (Å²) in [6.07, 6.45) is 3.91. The summed E-state index contributed by atoms with van der Waals surface area (Å²) < 4.78 is 5.99. The van der Waals surface area contributed by atoms with E-state index in [2.05, 4.69) is 34.2 Å². The summed E-state index contributed by atoms with van der Waals surface area (Å²) in [5.74, 6) is 1.58. The lowest BCUT2D eigenvalue weighted by atomic mass is 9.88. The summed E-state index contributed by atoms with van der Waals surface area (Å²) in [5.41, 5.74) is 2.35. The standard InChI is InChI=1S/C25H27N3O2/c1-19-26-15-12-24(27-19)30-22-13-16-28(17-14-22)25(29)18-23(20-8-4-2-5-9-20)21-10-6-3-7-11-21/h2-12,15,22-23H,13-14,16-18H2,1H3. The van der Waals surface area contributed by atoms with Crippen LogP contribution in [0.5, 0.6) is 5.88 Å². The number of hydrogen-bond donors (Lipinski definition) is 0. The topological polar surface area (TPSA) is 55.3 Å². The fraction of sp³-hybridized carbons (Fsp3) is 0.320. The number of rotatable bonds is 6. The van der Waals surface area contributed by atoms with Gasteiger partial charge in [-0.2, -0.15) is 4.98 Å². The number of piperidine rings is 1. The van der Waals surface area contributed by atoms with Crippen molar-refractivity contribution in [3.05, 3.63) is 89.9 Å². The van der Waals surface area contributed by atoms with E-state index >= 15 is 0 Å². The summed E-state index contributed by atoms with van der Waals surface area (Å²) in [7, 11) is 0. The van der Waals surface area contributed by atoms with Gasteiger partial charge in [0.05, 0.1) is 0 Å². The Kier molecular flexibility index (Phi) is 6.38. The zero-order valence-electron chi connectivity index (χ0n) is 17.3. The zero-order chi connectivity index (χ0) is 20.8. The molecule has 0 unspecified atom stereocenters. The first-order valence-electron chi connectivity index (χ1n) is 10.5. The molecule has 1 saturated heterocycles. The van der Waals surface area contributed by atoms with Gasteiger partial charge in [-0.05, 0) is 18.1 Å². The number of nitrogens with zero attached hydrogens (tertiary/aromatic N) is 3. The molecule has 1 aliphatic heterocycles. The Bertz CT molecular complexity index is 915. The number of aryl methyl sites for hydroxylation is 1. The van der Waals surface area contributed by atoms with Crippen molar-refractivity contribution >= 4 is 5.91 Å². The van der Waals surface area contributed by atoms with E-state index in [9.17, 15) is 4.79 Å². The van der Waals surface area contributed by atoms with Crippen molar-refractivity contribution < 1.29 is 9.53 Å². The maximum atomic E-state index is 13.1. The van der Waals surface area contributed by atoms with Crippen molar-refractivity contribution in [1.29, 1.82) is 0 Å². The van der Waals surface area contributed by atoms with Gasteiger partial charge < -0.3 is 9.64 Å². The van der Waals surface area contributed by atoms with E-state index < -0.39 is 0 Å². The number of aromatic nitrogens is 2. The monoisotopic (exact) mass is 401 g/mol. The van der Waals surface area contributed by atoms with Gasteiger partial charge in [-0.25, -0.2) is 4.98 Å². The lowest BCUT2D eigenvalue weighted by Gasteiger charge is -2.33. The van der Waals surface area contributed by atoms with Gasteiger partial charge in [0.1, 0.15) is 11.9 Å². The molecule has 3 aromatic rings. The maximum absolute atomic E-state index is 13.1. The first-order chi connectivity index (χ1) is 14.7. The van der Waals surface area contributed by atoms with E-state index in [0.717, 1.165) is 12.8 Å². The number of carbonyl (C=O) groups is 1. The average Bonchev–Trinajstić information content (AvgIpc) is 2.79. The van der Waals surface area contributed by atoms with E-state index in [4.69, 9.17) is 4.74 Å². The van der Waals surface area contributed by atoms with E-state index in [1.165, 1.54) is 11.1 Å². The van der Waals surface area contributed by atoms with Gasteiger partial charge in [-0.1, -0.05) is 60.7 Å². The van der Waals surface area contributed by atoms with Gasteiger partial charge in [0, 0.05) is 50.5 Å². The Hall–Kier alpha value is -3.21. The van der Waals surface area contributed by atoms with Crippen LogP contribution in [0.15, 0.2) is 72.9 Å². The number of benzene rings is 2. The Morgan fingerprint density at radius 2 is 1.60 bits per heavy atom. The maximum Gasteiger partial charge on any atom is 0.223 e. The predicted molar refractivity (Wildman–Crippen MR) is 116 cm³/mol. The minimum atomic E-state index is 0.0675. The first-order valence-corrected chi connectivity index (χ1v) is 10.5. The van der Waals surface area contributed by atoms with E-state index in [1.54, 1.807) is 12.3 Å². The highest BCUT2D eigenvalue weighted by atomic mass is 16.5. The summed E-state index contributed by atoms with van der Waals surface area (Å²) in [6.45, 7) is 3.28. The third kappa shape index (κ3) is 5.03. The van der Waals surface area contributed by atoms with Crippen LogP contribution in [0.2, 0.25) is 0 Å². The SMILES string of the molecule is Cc1nccc(OC2CCN(C(=O)CC(c3ccccc3)c3ccccc3)CC2)n1. The van der Waals surface area contributed by atoms with Crippen LogP contribution in [-0.4, -0.2) is 40.0 Å². The molecule has 1 amide bonds. The second-order valence-electron chi connectivity index (χ2n) is 7.72. The Morgan fingerprint density at radius 3 is 2.17 bits per heavy atom. The smallest absolute Gasteiger partial charge is 0.223 e. The molecule has 0 atom stereocenters. The normalized spacial score (nSPS) is 14.7. The largest absolute Gasteiger partial charge is 0.474 e. The lowest BCUT2D eigenvalue weighted by Crippen LogP contribution is -2.42.